The van der Waals surface area contributed by atoms with Crippen LogP contribution >= 0.6 is 11.9 Å². The summed E-state index contributed by atoms with van der Waals surface area (Å²) in [5.41, 5.74) is 7.87. The topological polar surface area (TPSA) is 32.7 Å². The lowest BCUT2D eigenvalue weighted by atomic mass is 9.76. The van der Waals surface area contributed by atoms with Crippen LogP contribution in [0.15, 0.2) is 40.0 Å². The monoisotopic (exact) mass is 410 g/mol. The van der Waals surface area contributed by atoms with Crippen LogP contribution in [0.5, 0.6) is 0 Å². The summed E-state index contributed by atoms with van der Waals surface area (Å²) in [4.78, 5) is 16.1. The van der Waals surface area contributed by atoms with Gasteiger partial charge in [-0.3, -0.25) is 9.30 Å². The van der Waals surface area contributed by atoms with E-state index >= 15 is 0 Å². The number of hydrogen-bond acceptors (Lipinski definition) is 4. The number of benzene rings is 1. The third-order valence-electron chi connectivity index (χ3n) is 6.28. The first kappa shape index (κ1) is 22.0. The molecule has 0 saturated carbocycles. The molecule has 1 aromatic carbocycles. The molecule has 0 N–H and O–H groups in total. The van der Waals surface area contributed by atoms with Crippen LogP contribution in [-0.4, -0.2) is 36.2 Å². The van der Waals surface area contributed by atoms with Gasteiger partial charge in [-0.25, -0.2) is 0 Å². The summed E-state index contributed by atoms with van der Waals surface area (Å²) < 4.78 is 2.48. The number of nitrogens with zero attached hydrogens (tertiary/aromatic N) is 2. The van der Waals surface area contributed by atoms with E-state index in [1.54, 1.807) is 0 Å². The molecule has 0 radical (unpaired) electrons. The molecule has 0 aromatic heterocycles. The van der Waals surface area contributed by atoms with Crippen molar-refractivity contribution in [1.82, 2.24) is 4.31 Å². The van der Waals surface area contributed by atoms with Crippen LogP contribution < -0.4 is 0 Å². The molecule has 1 aliphatic heterocycles. The van der Waals surface area contributed by atoms with Gasteiger partial charge in [0.05, 0.1) is 5.70 Å². The summed E-state index contributed by atoms with van der Waals surface area (Å²) in [5.74, 6) is 0.921. The first-order valence-corrected chi connectivity index (χ1v) is 12.1. The first-order valence-electron chi connectivity index (χ1n) is 10.9. The molecule has 0 bridgehead atoms. The Morgan fingerprint density at radius 2 is 2.03 bits per heavy atom. The fraction of sp³-hybridized carbons (Fsp3) is 0.520. The van der Waals surface area contributed by atoms with Crippen molar-refractivity contribution in [2.45, 2.75) is 58.8 Å². The lowest BCUT2D eigenvalue weighted by Crippen LogP contribution is -2.32. The zero-order valence-corrected chi connectivity index (χ0v) is 19.1. The Kier molecular flexibility index (Phi) is 7.91. The molecular formula is C25H34N2OS. The second-order valence-corrected chi connectivity index (χ2v) is 8.92. The lowest BCUT2D eigenvalue weighted by Gasteiger charge is -2.36. The molecule has 3 rings (SSSR count). The number of carbonyl (C=O) groups is 1. The van der Waals surface area contributed by atoms with E-state index in [0.29, 0.717) is 18.3 Å². The molecule has 1 aromatic rings. The molecule has 4 heteroatoms. The molecular weight excluding hydrogens is 376 g/mol. The van der Waals surface area contributed by atoms with Crippen LogP contribution in [0.4, 0.5) is 0 Å². The van der Waals surface area contributed by atoms with E-state index in [-0.39, 0.29) is 0 Å². The maximum atomic E-state index is 11.1. The Morgan fingerprint density at radius 3 is 2.66 bits per heavy atom. The Labute approximate surface area is 180 Å². The highest BCUT2D eigenvalue weighted by atomic mass is 32.2. The maximum Gasteiger partial charge on any atom is 0.120 e. The number of hydrogen-bond donors (Lipinski definition) is 0. The first-order chi connectivity index (χ1) is 14.1. The SMILES string of the molecule is CC=NC1=C(CC)C(CCC=O)=Cc2cc(C)ccc2C1C1CCN(SC)CC1. The number of aliphatic imine (C=N–C) groups is 1. The quantitative estimate of drug-likeness (QED) is 0.305. The van der Waals surface area contributed by atoms with Crippen LogP contribution in [0.1, 0.15) is 68.6 Å². The average Bonchev–Trinajstić information content (AvgIpc) is 2.86. The summed E-state index contributed by atoms with van der Waals surface area (Å²) in [6, 6.07) is 6.88. The predicted octanol–water partition coefficient (Wildman–Crippen LogP) is 6.20. The summed E-state index contributed by atoms with van der Waals surface area (Å²) in [6.45, 7) is 8.68. The van der Waals surface area contributed by atoms with Crippen LogP contribution in [0.25, 0.3) is 6.08 Å². The third kappa shape index (κ3) is 4.92. The summed E-state index contributed by atoms with van der Waals surface area (Å²) in [7, 11) is 0. The van der Waals surface area contributed by atoms with Crippen LogP contribution in [-0.2, 0) is 4.79 Å². The minimum atomic E-state index is 0.325. The Hall–Kier alpha value is -1.65. The van der Waals surface area contributed by atoms with Crippen molar-refractivity contribution in [3.05, 3.63) is 51.7 Å². The molecule has 29 heavy (non-hydrogen) atoms. The second kappa shape index (κ2) is 10.4. The number of piperidine rings is 1. The minimum absolute atomic E-state index is 0.325. The van der Waals surface area contributed by atoms with Crippen molar-refractivity contribution in [3.63, 3.8) is 0 Å². The van der Waals surface area contributed by atoms with Crippen LogP contribution in [0.2, 0.25) is 0 Å². The largest absolute Gasteiger partial charge is 0.303 e. The molecule has 2 aliphatic rings. The maximum absolute atomic E-state index is 11.1. The van der Waals surface area contributed by atoms with Gasteiger partial charge in [-0.05, 0) is 74.0 Å². The van der Waals surface area contributed by atoms with Gasteiger partial charge in [-0.1, -0.05) is 48.7 Å². The van der Waals surface area contributed by atoms with Crippen molar-refractivity contribution in [2.24, 2.45) is 10.9 Å². The third-order valence-corrected chi connectivity index (χ3v) is 7.16. The van der Waals surface area contributed by atoms with E-state index in [2.05, 4.69) is 48.7 Å². The Balaban J connectivity index is 2.15. The van der Waals surface area contributed by atoms with E-state index in [9.17, 15) is 4.79 Å². The molecule has 1 aliphatic carbocycles. The van der Waals surface area contributed by atoms with Crippen LogP contribution in [0.3, 0.4) is 0 Å². The molecule has 1 fully saturated rings. The molecule has 1 unspecified atom stereocenters. The number of aryl methyl sites for hydroxylation is 1. The number of fused-ring (bicyclic) bond motifs is 1. The van der Waals surface area contributed by atoms with Gasteiger partial charge < -0.3 is 4.79 Å². The summed E-state index contributed by atoms with van der Waals surface area (Å²) in [6.07, 6.45) is 12.2. The molecule has 1 heterocycles. The van der Waals surface area contributed by atoms with Gasteiger partial charge in [0.15, 0.2) is 0 Å². The van der Waals surface area contributed by atoms with Gasteiger partial charge >= 0.3 is 0 Å². The number of rotatable bonds is 7. The van der Waals surface area contributed by atoms with E-state index < -0.39 is 0 Å². The van der Waals surface area contributed by atoms with Crippen molar-refractivity contribution in [1.29, 1.82) is 0 Å². The molecule has 3 nitrogen and oxygen atoms in total. The van der Waals surface area contributed by atoms with Gasteiger partial charge in [0.1, 0.15) is 6.29 Å². The molecule has 1 saturated heterocycles. The molecule has 156 valence electrons. The fourth-order valence-corrected chi connectivity index (χ4v) is 5.46. The highest BCUT2D eigenvalue weighted by Gasteiger charge is 2.34. The number of carbonyl (C=O) groups excluding carboxylic acids is 1. The van der Waals surface area contributed by atoms with Crippen LogP contribution in [0, 0.1) is 12.8 Å². The normalized spacial score (nSPS) is 21.2. The predicted molar refractivity (Wildman–Crippen MR) is 126 cm³/mol. The zero-order valence-electron chi connectivity index (χ0n) is 18.3. The lowest BCUT2D eigenvalue weighted by molar-refractivity contribution is -0.107. The van der Waals surface area contributed by atoms with E-state index in [1.165, 1.54) is 46.4 Å². The highest BCUT2D eigenvalue weighted by molar-refractivity contribution is 7.96. The van der Waals surface area contributed by atoms with Gasteiger partial charge in [0, 0.05) is 31.6 Å². The van der Waals surface area contributed by atoms with Gasteiger partial charge in [0.2, 0.25) is 0 Å². The highest BCUT2D eigenvalue weighted by Crippen LogP contribution is 2.46. The van der Waals surface area contributed by atoms with Gasteiger partial charge in [-0.2, -0.15) is 0 Å². The van der Waals surface area contributed by atoms with Gasteiger partial charge in [-0.15, -0.1) is 0 Å². The molecule has 0 spiro atoms. The van der Waals surface area contributed by atoms with Crippen molar-refractivity contribution in [2.75, 3.05) is 19.3 Å². The standard InChI is InChI=1S/C25H34N2OS/c1-5-22-20(8-7-15-28)17-21-16-18(3)9-10-23(21)24(25(22)26-6-2)19-11-13-27(29-4)14-12-19/h6,9-10,15-17,19,24H,5,7-8,11-14H2,1-4H3. The average molecular weight is 411 g/mol. The fourth-order valence-electron chi connectivity index (χ4n) is 4.89. The number of allylic oxidation sites excluding steroid dienone is 3. The molecule has 0 amide bonds. The van der Waals surface area contributed by atoms with E-state index in [1.807, 2.05) is 25.1 Å². The van der Waals surface area contributed by atoms with E-state index in [0.717, 1.165) is 32.2 Å². The zero-order chi connectivity index (χ0) is 20.8. The number of aldehydes is 1. The van der Waals surface area contributed by atoms with Crippen molar-refractivity contribution < 1.29 is 4.79 Å². The minimum Gasteiger partial charge on any atom is -0.303 e. The smallest absolute Gasteiger partial charge is 0.120 e. The summed E-state index contributed by atoms with van der Waals surface area (Å²) >= 11 is 1.86. The second-order valence-electron chi connectivity index (χ2n) is 8.04. The molecule has 1 atom stereocenters. The van der Waals surface area contributed by atoms with E-state index in [4.69, 9.17) is 4.99 Å². The van der Waals surface area contributed by atoms with Gasteiger partial charge in [0.25, 0.3) is 0 Å². The Bertz CT molecular complexity index is 816. The van der Waals surface area contributed by atoms with Crippen molar-refractivity contribution >= 4 is 30.5 Å². The Morgan fingerprint density at radius 1 is 1.28 bits per heavy atom. The van der Waals surface area contributed by atoms with Crippen molar-refractivity contribution in [3.8, 4) is 0 Å². The summed E-state index contributed by atoms with van der Waals surface area (Å²) in [5, 5.41) is 0.